The van der Waals surface area contributed by atoms with E-state index in [0.717, 1.165) is 0 Å². The van der Waals surface area contributed by atoms with E-state index in [-0.39, 0.29) is 17.2 Å². The molecular formula is C13H10Cl2N2OS. The summed E-state index contributed by atoms with van der Waals surface area (Å²) < 4.78 is 0. The van der Waals surface area contributed by atoms with Gasteiger partial charge in [-0.1, -0.05) is 47.6 Å². The fraction of sp³-hybridized carbons (Fsp3) is 0.154. The minimum absolute atomic E-state index is 0.0866. The topological polar surface area (TPSA) is 52.9 Å². The number of allylic oxidation sites excluding steroid dienone is 1. The zero-order chi connectivity index (χ0) is 14.4. The Balaban J connectivity index is 2.89. The van der Waals surface area contributed by atoms with Crippen LogP contribution in [0.25, 0.3) is 0 Å². The molecule has 0 saturated carbocycles. The number of carbonyl (C=O) groups excluding carboxylic acids is 1. The molecule has 0 spiro atoms. The molecule has 98 valence electrons. The lowest BCUT2D eigenvalue weighted by Crippen LogP contribution is -2.26. The van der Waals surface area contributed by atoms with E-state index in [1.807, 2.05) is 6.07 Å². The van der Waals surface area contributed by atoms with Crippen molar-refractivity contribution in [2.45, 2.75) is 6.42 Å². The highest BCUT2D eigenvalue weighted by Crippen LogP contribution is 2.30. The highest BCUT2D eigenvalue weighted by Gasteiger charge is 2.22. The van der Waals surface area contributed by atoms with Gasteiger partial charge in [0.2, 0.25) is 0 Å². The molecule has 1 aromatic carbocycles. The minimum atomic E-state index is -1.02. The number of nitrogens with zero attached hydrogens (tertiary/aromatic N) is 1. The van der Waals surface area contributed by atoms with Gasteiger partial charge in [0.05, 0.1) is 21.8 Å². The summed E-state index contributed by atoms with van der Waals surface area (Å²) in [5.41, 5.74) is 0.464. The van der Waals surface area contributed by atoms with Gasteiger partial charge in [-0.05, 0) is 12.1 Å². The molecule has 0 saturated heterocycles. The van der Waals surface area contributed by atoms with Gasteiger partial charge in [0, 0.05) is 6.42 Å². The van der Waals surface area contributed by atoms with Crippen molar-refractivity contribution in [3.63, 3.8) is 0 Å². The highest BCUT2D eigenvalue weighted by molar-refractivity contribution is 7.80. The van der Waals surface area contributed by atoms with Crippen LogP contribution in [0.1, 0.15) is 6.42 Å². The van der Waals surface area contributed by atoms with Crippen LogP contribution in [0, 0.1) is 17.2 Å². The van der Waals surface area contributed by atoms with E-state index in [1.54, 1.807) is 18.2 Å². The molecule has 0 bridgehead atoms. The van der Waals surface area contributed by atoms with Crippen molar-refractivity contribution in [3.8, 4) is 6.07 Å². The predicted octanol–water partition coefficient (Wildman–Crippen LogP) is 4.02. The third-order valence-electron chi connectivity index (χ3n) is 2.27. The first-order valence-corrected chi connectivity index (χ1v) is 6.45. The van der Waals surface area contributed by atoms with Crippen LogP contribution >= 0.6 is 35.4 Å². The van der Waals surface area contributed by atoms with E-state index in [2.05, 4.69) is 11.9 Å². The van der Waals surface area contributed by atoms with Crippen LogP contribution in [-0.4, -0.2) is 10.8 Å². The maximum absolute atomic E-state index is 11.7. The fourth-order valence-electron chi connectivity index (χ4n) is 1.34. The molecule has 0 amide bonds. The van der Waals surface area contributed by atoms with Crippen LogP contribution in [0.2, 0.25) is 10.0 Å². The molecule has 0 heterocycles. The van der Waals surface area contributed by atoms with Crippen LogP contribution in [0.5, 0.6) is 0 Å². The molecule has 1 N–H and O–H groups in total. The summed E-state index contributed by atoms with van der Waals surface area (Å²) in [6.07, 6.45) is 1.52. The maximum atomic E-state index is 11.7. The van der Waals surface area contributed by atoms with Gasteiger partial charge < -0.3 is 5.32 Å². The highest BCUT2D eigenvalue weighted by atomic mass is 35.5. The Labute approximate surface area is 126 Å². The number of ketones is 1. The van der Waals surface area contributed by atoms with Crippen LogP contribution in [0.3, 0.4) is 0 Å². The smallest absolute Gasteiger partial charge is 0.160 e. The number of nitrogens with one attached hydrogen (secondary N) is 1. The number of anilines is 1. The lowest BCUT2D eigenvalue weighted by atomic mass is 10.0. The summed E-state index contributed by atoms with van der Waals surface area (Å²) in [6, 6.07) is 6.84. The van der Waals surface area contributed by atoms with Gasteiger partial charge in [-0.2, -0.15) is 5.26 Å². The van der Waals surface area contributed by atoms with Crippen molar-refractivity contribution < 1.29 is 4.79 Å². The largest absolute Gasteiger partial charge is 0.347 e. The number of nitriles is 1. The normalized spacial score (nSPS) is 11.2. The van der Waals surface area contributed by atoms with Gasteiger partial charge in [-0.15, -0.1) is 6.58 Å². The first-order valence-electron chi connectivity index (χ1n) is 5.29. The molecule has 1 aromatic rings. The summed E-state index contributed by atoms with van der Waals surface area (Å²) in [5.74, 6) is -1.34. The van der Waals surface area contributed by atoms with Crippen LogP contribution in [-0.2, 0) is 4.79 Å². The summed E-state index contributed by atoms with van der Waals surface area (Å²) in [6.45, 7) is 3.45. The van der Waals surface area contributed by atoms with E-state index < -0.39 is 5.92 Å². The average molecular weight is 313 g/mol. The fourth-order valence-corrected chi connectivity index (χ4v) is 1.98. The SMILES string of the molecule is C=CCC(=O)C(C#N)C(=S)Nc1cccc(Cl)c1Cl. The molecule has 6 heteroatoms. The first kappa shape index (κ1) is 15.6. The van der Waals surface area contributed by atoms with Gasteiger partial charge in [0.25, 0.3) is 0 Å². The standard InChI is InChI=1S/C13H10Cl2N2OS/c1-2-4-11(18)8(7-16)13(19)17-10-6-3-5-9(14)12(10)15/h2-3,5-6,8H,1,4H2,(H,17,19). The average Bonchev–Trinajstić information content (AvgIpc) is 2.36. The zero-order valence-corrected chi connectivity index (χ0v) is 12.1. The van der Waals surface area contributed by atoms with E-state index in [9.17, 15) is 4.79 Å². The molecule has 1 rings (SSSR count). The van der Waals surface area contributed by atoms with E-state index in [0.29, 0.717) is 15.7 Å². The molecular weight excluding hydrogens is 303 g/mol. The Morgan fingerprint density at radius 2 is 2.26 bits per heavy atom. The van der Waals surface area contributed by atoms with Crippen molar-refractivity contribution in [1.82, 2.24) is 0 Å². The van der Waals surface area contributed by atoms with Crippen LogP contribution in [0.15, 0.2) is 30.9 Å². The second-order valence-electron chi connectivity index (χ2n) is 3.61. The molecule has 1 unspecified atom stereocenters. The number of Topliss-reactive ketones (excluding diaryl/α,β-unsaturated/α-hetero) is 1. The van der Waals surface area contributed by atoms with Crippen molar-refractivity contribution in [1.29, 1.82) is 5.26 Å². The zero-order valence-electron chi connectivity index (χ0n) is 9.82. The molecule has 3 nitrogen and oxygen atoms in total. The molecule has 0 fully saturated rings. The summed E-state index contributed by atoms with van der Waals surface area (Å²) in [5, 5.41) is 12.4. The third kappa shape index (κ3) is 4.03. The Kier molecular flexibility index (Phi) is 5.97. The van der Waals surface area contributed by atoms with Crippen LogP contribution in [0.4, 0.5) is 5.69 Å². The molecule has 0 aliphatic rings. The van der Waals surface area contributed by atoms with E-state index in [4.69, 9.17) is 40.7 Å². The number of carbonyl (C=O) groups is 1. The number of hydrogen-bond donors (Lipinski definition) is 1. The van der Waals surface area contributed by atoms with Crippen molar-refractivity contribution in [3.05, 3.63) is 40.9 Å². The number of hydrogen-bond acceptors (Lipinski definition) is 3. The van der Waals surface area contributed by atoms with E-state index in [1.165, 1.54) is 6.08 Å². The molecule has 1 atom stereocenters. The Hall–Kier alpha value is -1.41. The second-order valence-corrected chi connectivity index (χ2v) is 4.84. The number of benzene rings is 1. The van der Waals surface area contributed by atoms with Crippen molar-refractivity contribution in [2.75, 3.05) is 5.32 Å². The Morgan fingerprint density at radius 1 is 1.58 bits per heavy atom. The van der Waals surface area contributed by atoms with Crippen molar-refractivity contribution in [2.24, 2.45) is 5.92 Å². The van der Waals surface area contributed by atoms with Gasteiger partial charge in [0.15, 0.2) is 11.7 Å². The Bertz CT molecular complexity index is 566. The lowest BCUT2D eigenvalue weighted by molar-refractivity contribution is -0.118. The summed E-state index contributed by atoms with van der Waals surface area (Å²) >= 11 is 16.9. The van der Waals surface area contributed by atoms with Gasteiger partial charge in [0.1, 0.15) is 4.99 Å². The lowest BCUT2D eigenvalue weighted by Gasteiger charge is -2.13. The summed E-state index contributed by atoms with van der Waals surface area (Å²) in [4.78, 5) is 11.8. The third-order valence-corrected chi connectivity index (χ3v) is 3.42. The molecule has 19 heavy (non-hydrogen) atoms. The van der Waals surface area contributed by atoms with Gasteiger partial charge >= 0.3 is 0 Å². The monoisotopic (exact) mass is 312 g/mol. The van der Waals surface area contributed by atoms with Gasteiger partial charge in [-0.25, -0.2) is 0 Å². The summed E-state index contributed by atoms with van der Waals surface area (Å²) in [7, 11) is 0. The van der Waals surface area contributed by atoms with Crippen LogP contribution < -0.4 is 5.32 Å². The Morgan fingerprint density at radius 3 is 2.84 bits per heavy atom. The second kappa shape index (κ2) is 7.25. The minimum Gasteiger partial charge on any atom is -0.347 e. The molecule has 0 aliphatic carbocycles. The number of halogens is 2. The molecule has 0 radical (unpaired) electrons. The quantitative estimate of drug-likeness (QED) is 0.659. The number of thiocarbonyl (C=S) groups is 1. The number of rotatable bonds is 5. The van der Waals surface area contributed by atoms with E-state index >= 15 is 0 Å². The first-order chi connectivity index (χ1) is 9.01. The predicted molar refractivity (Wildman–Crippen MR) is 81.6 cm³/mol. The van der Waals surface area contributed by atoms with Crippen molar-refractivity contribution >= 4 is 51.9 Å². The maximum Gasteiger partial charge on any atom is 0.160 e. The molecule has 0 aliphatic heterocycles. The molecule has 0 aromatic heterocycles. The van der Waals surface area contributed by atoms with Gasteiger partial charge in [-0.3, -0.25) is 4.79 Å².